The number of ether oxygens (including phenoxy) is 2. The van der Waals surface area contributed by atoms with E-state index < -0.39 is 91.5 Å². The number of halogens is 6. The molecule has 0 saturated carbocycles. The van der Waals surface area contributed by atoms with Crippen molar-refractivity contribution in [1.82, 2.24) is 15.2 Å². The fourth-order valence-electron chi connectivity index (χ4n) is 4.15. The molecule has 1 amide bonds. The Morgan fingerprint density at radius 3 is 2.26 bits per heavy atom. The average molecular weight is 693 g/mol. The molecule has 258 valence electrons. The lowest BCUT2D eigenvalue weighted by molar-refractivity contribution is -0.299. The number of pyridine rings is 1. The number of nitrogens with zero attached hydrogens (tertiary/aromatic N) is 3. The van der Waals surface area contributed by atoms with Crippen LogP contribution in [0.25, 0.3) is 11.6 Å². The molecule has 10 nitrogen and oxygen atoms in total. The third-order valence-electron chi connectivity index (χ3n) is 6.76. The largest absolute Gasteiger partial charge is 0.444 e. The Balaban J connectivity index is 2.31. The van der Waals surface area contributed by atoms with Gasteiger partial charge in [0, 0.05) is 0 Å². The van der Waals surface area contributed by atoms with E-state index in [9.17, 15) is 39.6 Å². The molecule has 2 heterocycles. The summed E-state index contributed by atoms with van der Waals surface area (Å²) in [7, 11) is -4.78. The van der Waals surface area contributed by atoms with Crippen molar-refractivity contribution in [1.29, 1.82) is 0 Å². The second-order valence-electron chi connectivity index (χ2n) is 11.5. The van der Waals surface area contributed by atoms with E-state index in [0.29, 0.717) is 5.56 Å². The first kappa shape index (κ1) is 37.5. The van der Waals surface area contributed by atoms with E-state index in [1.54, 1.807) is 18.2 Å². The van der Waals surface area contributed by atoms with Gasteiger partial charge in [-0.05, 0) is 58.6 Å². The molecule has 0 aliphatic rings. The molecule has 3 rings (SSSR count). The lowest BCUT2D eigenvalue weighted by Crippen LogP contribution is -2.45. The van der Waals surface area contributed by atoms with E-state index in [2.05, 4.69) is 21.8 Å². The number of benzene rings is 1. The van der Waals surface area contributed by atoms with Crippen LogP contribution in [0.3, 0.4) is 0 Å². The number of sulfone groups is 1. The van der Waals surface area contributed by atoms with Crippen molar-refractivity contribution >= 4 is 21.6 Å². The van der Waals surface area contributed by atoms with Crippen molar-refractivity contribution in [2.24, 2.45) is 0 Å². The van der Waals surface area contributed by atoms with E-state index in [1.165, 1.54) is 45.9 Å². The number of amides is 1. The SMILES string of the molecule is C=CCCC(OCc1ccccc1)(c1nnc(-c2nc(S(=O)(=O)C(C)CC)c(C(F)(F)F)cc2NC(=O)OC(C)(C)C)o1)C(F)(F)F. The normalized spacial score (nSPS) is 14.7. The van der Waals surface area contributed by atoms with E-state index in [-0.39, 0.29) is 18.9 Å². The molecule has 0 bridgehead atoms. The van der Waals surface area contributed by atoms with Crippen LogP contribution in [-0.4, -0.2) is 46.7 Å². The molecule has 2 aromatic heterocycles. The van der Waals surface area contributed by atoms with E-state index in [4.69, 9.17) is 13.9 Å². The Morgan fingerprint density at radius 1 is 1.09 bits per heavy atom. The molecule has 0 fully saturated rings. The van der Waals surface area contributed by atoms with Crippen molar-refractivity contribution in [3.8, 4) is 11.6 Å². The molecule has 1 N–H and O–H groups in total. The van der Waals surface area contributed by atoms with Gasteiger partial charge < -0.3 is 13.9 Å². The zero-order chi connectivity index (χ0) is 35.4. The number of carbonyl (C=O) groups excluding carboxylic acids is 1. The Kier molecular flexibility index (Phi) is 11.2. The zero-order valence-corrected chi connectivity index (χ0v) is 26.9. The van der Waals surface area contributed by atoms with Crippen molar-refractivity contribution in [3.05, 3.63) is 66.1 Å². The molecule has 0 saturated heterocycles. The Bertz CT molecular complexity index is 1670. The summed E-state index contributed by atoms with van der Waals surface area (Å²) in [5, 5.41) is 6.39. The maximum absolute atomic E-state index is 14.9. The fourth-order valence-corrected chi connectivity index (χ4v) is 5.67. The van der Waals surface area contributed by atoms with Gasteiger partial charge in [-0.2, -0.15) is 26.3 Å². The van der Waals surface area contributed by atoms with Crippen LogP contribution in [0.4, 0.5) is 36.8 Å². The first-order chi connectivity index (χ1) is 21.7. The van der Waals surface area contributed by atoms with Crippen molar-refractivity contribution in [2.75, 3.05) is 5.32 Å². The summed E-state index contributed by atoms with van der Waals surface area (Å²) < 4.78 is 130. The molecule has 2 atom stereocenters. The molecule has 3 aromatic rings. The highest BCUT2D eigenvalue weighted by Crippen LogP contribution is 2.47. The van der Waals surface area contributed by atoms with Crippen LogP contribution < -0.4 is 5.32 Å². The average Bonchev–Trinajstić information content (AvgIpc) is 3.45. The van der Waals surface area contributed by atoms with Gasteiger partial charge in [0.2, 0.25) is 5.60 Å². The van der Waals surface area contributed by atoms with Gasteiger partial charge in [0.25, 0.3) is 11.8 Å². The molecule has 0 radical (unpaired) electrons. The van der Waals surface area contributed by atoms with E-state index in [1.807, 2.05) is 5.32 Å². The lowest BCUT2D eigenvalue weighted by Gasteiger charge is -2.32. The maximum atomic E-state index is 14.9. The summed E-state index contributed by atoms with van der Waals surface area (Å²) in [6.07, 6.45) is -11.7. The van der Waals surface area contributed by atoms with Crippen LogP contribution in [0.15, 0.2) is 58.5 Å². The summed E-state index contributed by atoms with van der Waals surface area (Å²) in [6.45, 7) is 9.89. The van der Waals surface area contributed by atoms with Crippen LogP contribution in [0, 0.1) is 0 Å². The van der Waals surface area contributed by atoms with Crippen LogP contribution in [0.5, 0.6) is 0 Å². The predicted molar refractivity (Wildman–Crippen MR) is 158 cm³/mol. The van der Waals surface area contributed by atoms with E-state index in [0.717, 1.165) is 6.92 Å². The van der Waals surface area contributed by atoms with E-state index >= 15 is 0 Å². The number of hydrogen-bond donors (Lipinski definition) is 1. The third-order valence-corrected chi connectivity index (χ3v) is 9.01. The van der Waals surface area contributed by atoms with Gasteiger partial charge in [0.1, 0.15) is 5.60 Å². The predicted octanol–water partition coefficient (Wildman–Crippen LogP) is 8.01. The fraction of sp³-hybridized carbons (Fsp3) is 0.467. The Hall–Kier alpha value is -3.99. The summed E-state index contributed by atoms with van der Waals surface area (Å²) in [4.78, 5) is 16.3. The minimum absolute atomic E-state index is 0.102. The van der Waals surface area contributed by atoms with Gasteiger partial charge >= 0.3 is 18.4 Å². The molecular weight excluding hydrogens is 658 g/mol. The van der Waals surface area contributed by atoms with Gasteiger partial charge in [-0.15, -0.1) is 16.8 Å². The minimum Gasteiger partial charge on any atom is -0.444 e. The van der Waals surface area contributed by atoms with Crippen LogP contribution in [-0.2, 0) is 37.7 Å². The summed E-state index contributed by atoms with van der Waals surface area (Å²) in [6, 6.07) is 8.14. The molecule has 2 unspecified atom stereocenters. The molecule has 0 aliphatic carbocycles. The first-order valence-corrected chi connectivity index (χ1v) is 15.8. The summed E-state index contributed by atoms with van der Waals surface area (Å²) in [5.41, 5.74) is -7.42. The van der Waals surface area contributed by atoms with Crippen molar-refractivity contribution in [2.45, 2.75) is 94.3 Å². The number of aromatic nitrogens is 3. The minimum atomic E-state index is -5.30. The van der Waals surface area contributed by atoms with Crippen LogP contribution in [0.1, 0.15) is 70.9 Å². The third kappa shape index (κ3) is 8.68. The highest BCUT2D eigenvalue weighted by molar-refractivity contribution is 7.92. The second-order valence-corrected chi connectivity index (χ2v) is 13.7. The number of allylic oxidation sites excluding steroid dienone is 1. The number of anilines is 1. The maximum Gasteiger partial charge on any atom is 0.426 e. The van der Waals surface area contributed by atoms with Crippen LogP contribution >= 0.6 is 0 Å². The molecule has 0 aliphatic heterocycles. The molecule has 17 heteroatoms. The standard InChI is InChI=1S/C30H34F6N4O6S/c1-7-9-15-28(30(34,35)36,44-17-19-13-11-10-12-14-19)25-40-39-23(45-25)22-21(37-26(41)46-27(4,5)6)16-20(29(31,32)33)24(38-22)47(42,43)18(3)8-2/h7,10-14,16,18H,1,8-9,15,17H2,2-6H3,(H,37,41). The van der Waals surface area contributed by atoms with Gasteiger partial charge in [0.15, 0.2) is 20.6 Å². The van der Waals surface area contributed by atoms with Crippen LogP contribution in [0.2, 0.25) is 0 Å². The highest BCUT2D eigenvalue weighted by atomic mass is 32.2. The van der Waals surface area contributed by atoms with Gasteiger partial charge in [0.05, 0.1) is 23.1 Å². The monoisotopic (exact) mass is 692 g/mol. The summed E-state index contributed by atoms with van der Waals surface area (Å²) in [5.74, 6) is -2.08. The van der Waals surface area contributed by atoms with Crippen molar-refractivity contribution in [3.63, 3.8) is 0 Å². The topological polar surface area (TPSA) is 134 Å². The van der Waals surface area contributed by atoms with Gasteiger partial charge in [-0.25, -0.2) is 18.2 Å². The molecule has 47 heavy (non-hydrogen) atoms. The summed E-state index contributed by atoms with van der Waals surface area (Å²) >= 11 is 0. The molecule has 0 spiro atoms. The smallest absolute Gasteiger partial charge is 0.426 e. The number of alkyl halides is 6. The molecular formula is C30H34F6N4O6S. The number of carbonyl (C=O) groups is 1. The number of rotatable bonds is 12. The number of hydrogen-bond acceptors (Lipinski definition) is 9. The Labute approximate surface area is 267 Å². The van der Waals surface area contributed by atoms with Gasteiger partial charge in [-0.1, -0.05) is 43.3 Å². The quantitative estimate of drug-likeness (QED) is 0.148. The molecule has 1 aromatic carbocycles. The first-order valence-electron chi connectivity index (χ1n) is 14.2. The second kappa shape index (κ2) is 14.0. The highest BCUT2D eigenvalue weighted by Gasteiger charge is 2.61. The van der Waals surface area contributed by atoms with Crippen molar-refractivity contribution < 1.29 is 53.4 Å². The lowest BCUT2D eigenvalue weighted by atomic mass is 9.96. The van der Waals surface area contributed by atoms with Gasteiger partial charge in [-0.3, -0.25) is 5.32 Å². The zero-order valence-electron chi connectivity index (χ0n) is 26.1. The number of nitrogens with one attached hydrogen (secondary N) is 1. The Morgan fingerprint density at radius 2 is 1.72 bits per heavy atom.